The van der Waals surface area contributed by atoms with Crippen LogP contribution in [-0.2, 0) is 14.4 Å². The van der Waals surface area contributed by atoms with Gasteiger partial charge in [0.2, 0.25) is 11.8 Å². The van der Waals surface area contributed by atoms with Crippen molar-refractivity contribution in [3.63, 3.8) is 0 Å². The number of piperidine rings is 1. The molecular weight excluding hydrogens is 266 g/mol. The second kappa shape index (κ2) is 5.10. The van der Waals surface area contributed by atoms with Gasteiger partial charge in [0.25, 0.3) is 0 Å². The first-order chi connectivity index (χ1) is 9.32. The third kappa shape index (κ3) is 2.73. The molecule has 8 heteroatoms. The van der Waals surface area contributed by atoms with Gasteiger partial charge >= 0.3 is 12.0 Å². The molecule has 8 nitrogen and oxygen atoms in total. The van der Waals surface area contributed by atoms with Gasteiger partial charge in [0.05, 0.1) is 5.41 Å². The number of carboxylic acid groups (broad SMARTS) is 1. The van der Waals surface area contributed by atoms with Gasteiger partial charge in [-0.15, -0.1) is 0 Å². The molecule has 0 bridgehead atoms. The van der Waals surface area contributed by atoms with Crippen LogP contribution in [0.5, 0.6) is 0 Å². The molecule has 1 atom stereocenters. The number of carboxylic acids is 1. The zero-order valence-corrected chi connectivity index (χ0v) is 11.2. The molecule has 20 heavy (non-hydrogen) atoms. The van der Waals surface area contributed by atoms with Crippen molar-refractivity contribution in [1.82, 2.24) is 15.1 Å². The fourth-order valence-corrected chi connectivity index (χ4v) is 2.55. The quantitative estimate of drug-likeness (QED) is 0.616. The van der Waals surface area contributed by atoms with Crippen molar-refractivity contribution >= 4 is 23.8 Å². The van der Waals surface area contributed by atoms with Crippen LogP contribution in [0.25, 0.3) is 0 Å². The van der Waals surface area contributed by atoms with Crippen molar-refractivity contribution in [1.29, 1.82) is 0 Å². The summed E-state index contributed by atoms with van der Waals surface area (Å²) in [7, 11) is 0. The van der Waals surface area contributed by atoms with Crippen LogP contribution in [0.3, 0.4) is 0 Å². The average molecular weight is 283 g/mol. The Morgan fingerprint density at radius 3 is 2.35 bits per heavy atom. The predicted molar refractivity (Wildman–Crippen MR) is 66.7 cm³/mol. The van der Waals surface area contributed by atoms with Crippen LogP contribution < -0.4 is 5.32 Å². The topological polar surface area (TPSA) is 107 Å². The van der Waals surface area contributed by atoms with Crippen molar-refractivity contribution in [3.8, 4) is 0 Å². The van der Waals surface area contributed by atoms with Gasteiger partial charge in [0.15, 0.2) is 0 Å². The molecular formula is C12H17N3O5. The number of aliphatic carboxylic acids is 1. The molecule has 1 unspecified atom stereocenters. The maximum Gasteiger partial charge on any atom is 0.320 e. The van der Waals surface area contributed by atoms with Gasteiger partial charge in [-0.25, -0.2) is 4.79 Å². The summed E-state index contributed by atoms with van der Waals surface area (Å²) < 4.78 is 0. The third-order valence-corrected chi connectivity index (χ3v) is 3.70. The lowest BCUT2D eigenvalue weighted by molar-refractivity contribution is -0.150. The van der Waals surface area contributed by atoms with E-state index < -0.39 is 29.2 Å². The standard InChI is InChI=1S/C12H17N3O5/c1-12(10(18)19)3-2-4-14(7-12)11(20)15-5-8(16)13-9(17)6-15/h2-7H2,1H3,(H,18,19)(H,13,16,17). The summed E-state index contributed by atoms with van der Waals surface area (Å²) in [4.78, 5) is 48.6. The number of carbonyl (C=O) groups excluding carboxylic acids is 3. The Morgan fingerprint density at radius 2 is 1.80 bits per heavy atom. The van der Waals surface area contributed by atoms with Crippen LogP contribution in [0.15, 0.2) is 0 Å². The minimum Gasteiger partial charge on any atom is -0.481 e. The normalized spacial score (nSPS) is 27.2. The Hall–Kier alpha value is -2.12. The molecule has 0 radical (unpaired) electrons. The summed E-state index contributed by atoms with van der Waals surface area (Å²) in [6.45, 7) is 1.78. The Morgan fingerprint density at radius 1 is 1.20 bits per heavy atom. The second-order valence-electron chi connectivity index (χ2n) is 5.50. The predicted octanol–water partition coefficient (Wildman–Crippen LogP) is -0.748. The molecule has 0 saturated carbocycles. The van der Waals surface area contributed by atoms with E-state index in [2.05, 4.69) is 5.32 Å². The number of piperazine rings is 1. The van der Waals surface area contributed by atoms with E-state index in [1.54, 1.807) is 6.92 Å². The van der Waals surface area contributed by atoms with E-state index in [9.17, 15) is 24.3 Å². The number of rotatable bonds is 1. The largest absolute Gasteiger partial charge is 0.481 e. The molecule has 110 valence electrons. The van der Waals surface area contributed by atoms with E-state index in [4.69, 9.17) is 0 Å². The van der Waals surface area contributed by atoms with Crippen molar-refractivity contribution < 1.29 is 24.3 Å². The molecule has 4 amide bonds. The zero-order valence-electron chi connectivity index (χ0n) is 11.2. The van der Waals surface area contributed by atoms with Crippen LogP contribution in [0, 0.1) is 5.41 Å². The van der Waals surface area contributed by atoms with Gasteiger partial charge in [-0.05, 0) is 19.8 Å². The lowest BCUT2D eigenvalue weighted by Crippen LogP contribution is -2.59. The number of urea groups is 1. The van der Waals surface area contributed by atoms with Crippen molar-refractivity contribution in [2.24, 2.45) is 5.41 Å². The maximum atomic E-state index is 12.3. The molecule has 0 spiro atoms. The van der Waals surface area contributed by atoms with E-state index in [1.807, 2.05) is 0 Å². The number of amides is 4. The molecule has 2 aliphatic heterocycles. The van der Waals surface area contributed by atoms with Crippen molar-refractivity contribution in [2.45, 2.75) is 19.8 Å². The maximum absolute atomic E-state index is 12.3. The highest BCUT2D eigenvalue weighted by Gasteiger charge is 2.41. The second-order valence-corrected chi connectivity index (χ2v) is 5.50. The Bertz CT molecular complexity index is 462. The van der Waals surface area contributed by atoms with Gasteiger partial charge in [0, 0.05) is 13.1 Å². The van der Waals surface area contributed by atoms with Crippen molar-refractivity contribution in [2.75, 3.05) is 26.2 Å². The highest BCUT2D eigenvalue weighted by atomic mass is 16.4. The van der Waals surface area contributed by atoms with Crippen LogP contribution in [-0.4, -0.2) is 64.9 Å². The Balaban J connectivity index is 2.07. The number of nitrogens with one attached hydrogen (secondary N) is 1. The van der Waals surface area contributed by atoms with E-state index in [0.29, 0.717) is 19.4 Å². The summed E-state index contributed by atoms with van der Waals surface area (Å²) in [5, 5.41) is 11.3. The number of hydrogen-bond acceptors (Lipinski definition) is 4. The third-order valence-electron chi connectivity index (χ3n) is 3.70. The summed E-state index contributed by atoms with van der Waals surface area (Å²) in [5.41, 5.74) is -0.976. The van der Waals surface area contributed by atoms with Crippen LogP contribution in [0.2, 0.25) is 0 Å². The SMILES string of the molecule is CC1(C(=O)O)CCCN(C(=O)N2CC(=O)NC(=O)C2)C1. The fraction of sp³-hybridized carbons (Fsp3) is 0.667. The summed E-state index contributed by atoms with van der Waals surface area (Å²) in [5.74, 6) is -1.98. The fourth-order valence-electron chi connectivity index (χ4n) is 2.55. The van der Waals surface area contributed by atoms with Gasteiger partial charge in [-0.1, -0.05) is 0 Å². The number of likely N-dealkylation sites (tertiary alicyclic amines) is 1. The highest BCUT2D eigenvalue weighted by Crippen LogP contribution is 2.30. The number of carbonyl (C=O) groups is 4. The molecule has 2 heterocycles. The summed E-state index contributed by atoms with van der Waals surface area (Å²) in [6.07, 6.45) is 1.09. The van der Waals surface area contributed by atoms with E-state index in [0.717, 1.165) is 4.90 Å². The molecule has 0 aromatic carbocycles. The molecule has 0 aliphatic carbocycles. The number of nitrogens with zero attached hydrogens (tertiary/aromatic N) is 2. The van der Waals surface area contributed by atoms with E-state index in [-0.39, 0.29) is 19.6 Å². The number of hydrogen-bond donors (Lipinski definition) is 2. The first kappa shape index (κ1) is 14.3. The van der Waals surface area contributed by atoms with Crippen LogP contribution in [0.1, 0.15) is 19.8 Å². The molecule has 0 aromatic heterocycles. The van der Waals surface area contributed by atoms with Gasteiger partial charge in [-0.3, -0.25) is 19.7 Å². The van der Waals surface area contributed by atoms with Crippen LogP contribution >= 0.6 is 0 Å². The van der Waals surface area contributed by atoms with Gasteiger partial charge in [-0.2, -0.15) is 0 Å². The smallest absolute Gasteiger partial charge is 0.320 e. The first-order valence-corrected chi connectivity index (χ1v) is 6.42. The van der Waals surface area contributed by atoms with Gasteiger partial charge in [0.1, 0.15) is 13.1 Å². The molecule has 2 rings (SSSR count). The van der Waals surface area contributed by atoms with Crippen LogP contribution in [0.4, 0.5) is 4.79 Å². The number of imide groups is 1. The highest BCUT2D eigenvalue weighted by molar-refractivity contribution is 6.02. The van der Waals surface area contributed by atoms with E-state index >= 15 is 0 Å². The summed E-state index contributed by atoms with van der Waals surface area (Å²) >= 11 is 0. The Labute approximate surface area is 115 Å². The minimum absolute atomic E-state index is 0.0908. The minimum atomic E-state index is -0.976. The van der Waals surface area contributed by atoms with Crippen molar-refractivity contribution in [3.05, 3.63) is 0 Å². The zero-order chi connectivity index (χ0) is 14.9. The average Bonchev–Trinajstić information content (AvgIpc) is 2.36. The lowest BCUT2D eigenvalue weighted by Gasteiger charge is -2.40. The molecule has 2 aliphatic rings. The lowest BCUT2D eigenvalue weighted by atomic mass is 9.82. The molecule has 2 fully saturated rings. The Kier molecular flexibility index (Phi) is 3.65. The first-order valence-electron chi connectivity index (χ1n) is 6.42. The van der Waals surface area contributed by atoms with Gasteiger partial charge < -0.3 is 14.9 Å². The summed E-state index contributed by atoms with van der Waals surface area (Å²) in [6, 6.07) is -0.458. The monoisotopic (exact) mass is 283 g/mol. The molecule has 0 aromatic rings. The van der Waals surface area contributed by atoms with E-state index in [1.165, 1.54) is 4.90 Å². The molecule has 2 saturated heterocycles. The molecule has 2 N–H and O–H groups in total.